The smallest absolute Gasteiger partial charge is 0.352 e. The van der Waals surface area contributed by atoms with Crippen LogP contribution in [-0.2, 0) is 17.4 Å². The van der Waals surface area contributed by atoms with Crippen LogP contribution in [0, 0.1) is 0 Å². The molecule has 0 saturated carbocycles. The Kier molecular flexibility index (Phi) is 3.90. The minimum Gasteiger partial charge on any atom is -0.352 e. The third-order valence-corrected chi connectivity index (χ3v) is 5.53. The number of hydrogen-bond acceptors (Lipinski definition) is 5. The van der Waals surface area contributed by atoms with Crippen molar-refractivity contribution < 1.29 is 18.0 Å². The third kappa shape index (κ3) is 3.08. The molecule has 0 aromatic carbocycles. The Balaban J connectivity index is 1.44. The highest BCUT2D eigenvalue weighted by Crippen LogP contribution is 2.36. The van der Waals surface area contributed by atoms with Gasteiger partial charge in [0.1, 0.15) is 17.8 Å². The second kappa shape index (κ2) is 5.98. The Labute approximate surface area is 146 Å². The van der Waals surface area contributed by atoms with Crippen LogP contribution in [0.5, 0.6) is 0 Å². The molecule has 0 N–H and O–H groups in total. The number of fused-ring (bicyclic) bond motifs is 2. The summed E-state index contributed by atoms with van der Waals surface area (Å²) in [4.78, 5) is 24.5. The Morgan fingerprint density at radius 1 is 1.28 bits per heavy atom. The van der Waals surface area contributed by atoms with Crippen molar-refractivity contribution in [2.24, 2.45) is 0 Å². The van der Waals surface area contributed by atoms with Gasteiger partial charge in [0, 0.05) is 24.0 Å². The monoisotopic (exact) mass is 368 g/mol. The number of hydrogen-bond donors (Lipinski definition) is 0. The van der Waals surface area contributed by atoms with E-state index in [0.29, 0.717) is 19.5 Å². The maximum Gasteiger partial charge on any atom is 0.433 e. The van der Waals surface area contributed by atoms with E-state index in [1.54, 1.807) is 11.3 Å². The number of alkyl halides is 3. The van der Waals surface area contributed by atoms with Crippen molar-refractivity contribution >= 4 is 23.1 Å². The van der Waals surface area contributed by atoms with E-state index in [2.05, 4.69) is 9.97 Å². The summed E-state index contributed by atoms with van der Waals surface area (Å²) < 4.78 is 38.4. The number of rotatable bonds is 3. The lowest BCUT2D eigenvalue weighted by Gasteiger charge is -2.56. The van der Waals surface area contributed by atoms with Gasteiger partial charge in [0.2, 0.25) is 5.91 Å². The van der Waals surface area contributed by atoms with Gasteiger partial charge in [-0.15, -0.1) is 11.3 Å². The molecule has 25 heavy (non-hydrogen) atoms. The first kappa shape index (κ1) is 16.3. The number of anilines is 1. The summed E-state index contributed by atoms with van der Waals surface area (Å²) in [5.74, 6) is 0.351. The van der Waals surface area contributed by atoms with E-state index in [-0.39, 0.29) is 23.8 Å². The Hall–Kier alpha value is -2.16. The lowest BCUT2D eigenvalue weighted by molar-refractivity contribution is -0.145. The molecule has 0 radical (unpaired) electrons. The summed E-state index contributed by atoms with van der Waals surface area (Å²) in [5, 5.41) is 1.94. The molecule has 0 aliphatic carbocycles. The van der Waals surface area contributed by atoms with E-state index in [0.717, 1.165) is 23.7 Å². The van der Waals surface area contributed by atoms with Crippen molar-refractivity contribution in [2.75, 3.05) is 18.0 Å². The molecular weight excluding hydrogens is 353 g/mol. The Bertz CT molecular complexity index is 768. The molecule has 2 atom stereocenters. The number of thiophene rings is 1. The van der Waals surface area contributed by atoms with Gasteiger partial charge < -0.3 is 9.80 Å². The van der Waals surface area contributed by atoms with Crippen molar-refractivity contribution in [3.05, 3.63) is 40.5 Å². The number of aromatic nitrogens is 2. The van der Waals surface area contributed by atoms with Gasteiger partial charge in [-0.25, -0.2) is 9.97 Å². The molecule has 3 fully saturated rings. The number of piperazine rings is 1. The number of halogens is 3. The van der Waals surface area contributed by atoms with Crippen molar-refractivity contribution in [1.82, 2.24) is 14.9 Å². The molecular formula is C16H15F3N4OS. The summed E-state index contributed by atoms with van der Waals surface area (Å²) in [5.41, 5.74) is -0.942. The molecule has 2 unspecified atom stereocenters. The molecule has 1 amide bonds. The molecule has 132 valence electrons. The summed E-state index contributed by atoms with van der Waals surface area (Å²) in [6, 6.07) is 4.90. The van der Waals surface area contributed by atoms with Crippen LogP contribution in [0.1, 0.15) is 17.0 Å². The number of carbonyl (C=O) groups is 1. The Morgan fingerprint density at radius 2 is 2.04 bits per heavy atom. The molecule has 3 aliphatic heterocycles. The van der Waals surface area contributed by atoms with Crippen molar-refractivity contribution in [2.45, 2.75) is 31.1 Å². The minimum atomic E-state index is -4.49. The lowest BCUT2D eigenvalue weighted by Crippen LogP contribution is -2.70. The van der Waals surface area contributed by atoms with E-state index in [4.69, 9.17) is 0 Å². The van der Waals surface area contributed by atoms with Gasteiger partial charge in [-0.2, -0.15) is 13.2 Å². The van der Waals surface area contributed by atoms with Crippen molar-refractivity contribution in [3.8, 4) is 0 Å². The maximum atomic E-state index is 12.8. The first-order chi connectivity index (χ1) is 11.9. The van der Waals surface area contributed by atoms with Crippen LogP contribution < -0.4 is 4.90 Å². The summed E-state index contributed by atoms with van der Waals surface area (Å²) >= 11 is 1.55. The summed E-state index contributed by atoms with van der Waals surface area (Å²) in [7, 11) is 0. The van der Waals surface area contributed by atoms with Crippen molar-refractivity contribution in [1.29, 1.82) is 0 Å². The van der Waals surface area contributed by atoms with Crippen LogP contribution >= 0.6 is 11.3 Å². The van der Waals surface area contributed by atoms with E-state index >= 15 is 0 Å². The number of piperidine rings is 1. The van der Waals surface area contributed by atoms with Gasteiger partial charge in [0.05, 0.1) is 18.5 Å². The fourth-order valence-corrected chi connectivity index (χ4v) is 4.23. The molecule has 5 rings (SSSR count). The zero-order valence-corrected chi connectivity index (χ0v) is 13.9. The first-order valence-corrected chi connectivity index (χ1v) is 8.77. The van der Waals surface area contributed by atoms with Crippen LogP contribution in [0.25, 0.3) is 0 Å². The second-order valence-corrected chi connectivity index (χ2v) is 7.30. The zero-order valence-electron chi connectivity index (χ0n) is 13.1. The predicted octanol–water partition coefficient (Wildman–Crippen LogP) is 2.59. The van der Waals surface area contributed by atoms with Crippen LogP contribution in [0.4, 0.5) is 19.0 Å². The number of amides is 1. The first-order valence-electron chi connectivity index (χ1n) is 7.89. The van der Waals surface area contributed by atoms with Crippen LogP contribution in [0.2, 0.25) is 0 Å². The zero-order chi connectivity index (χ0) is 17.6. The van der Waals surface area contributed by atoms with E-state index in [9.17, 15) is 18.0 Å². The number of nitrogens with zero attached hydrogens (tertiary/aromatic N) is 4. The highest BCUT2D eigenvalue weighted by molar-refractivity contribution is 7.10. The van der Waals surface area contributed by atoms with E-state index in [1.165, 1.54) is 0 Å². The van der Waals surface area contributed by atoms with Gasteiger partial charge in [-0.1, -0.05) is 6.07 Å². The molecule has 3 saturated heterocycles. The third-order valence-electron chi connectivity index (χ3n) is 4.65. The maximum absolute atomic E-state index is 12.8. The predicted molar refractivity (Wildman–Crippen MR) is 86.3 cm³/mol. The molecule has 5 heterocycles. The second-order valence-electron chi connectivity index (χ2n) is 6.26. The molecule has 2 aromatic rings. The average Bonchev–Trinajstić information content (AvgIpc) is 3.07. The van der Waals surface area contributed by atoms with Gasteiger partial charge in [-0.3, -0.25) is 4.79 Å². The van der Waals surface area contributed by atoms with Gasteiger partial charge in [-0.05, 0) is 17.9 Å². The quantitative estimate of drug-likeness (QED) is 0.836. The fraction of sp³-hybridized carbons (Fsp3) is 0.438. The lowest BCUT2D eigenvalue weighted by atomic mass is 9.87. The van der Waals surface area contributed by atoms with Gasteiger partial charge >= 0.3 is 6.18 Å². The van der Waals surface area contributed by atoms with Crippen LogP contribution in [0.15, 0.2) is 29.9 Å². The van der Waals surface area contributed by atoms with Crippen molar-refractivity contribution in [3.63, 3.8) is 0 Å². The summed E-state index contributed by atoms with van der Waals surface area (Å²) in [6.45, 7) is 1.00. The molecule has 5 nitrogen and oxygen atoms in total. The molecule has 3 aliphatic rings. The van der Waals surface area contributed by atoms with Crippen LogP contribution in [0.3, 0.4) is 0 Å². The molecule has 2 bridgehead atoms. The minimum absolute atomic E-state index is 0.0375. The number of carbonyl (C=O) groups excluding carboxylic acids is 1. The summed E-state index contributed by atoms with van der Waals surface area (Å²) in [6.07, 6.45) is -2.27. The average molecular weight is 368 g/mol. The molecule has 0 spiro atoms. The van der Waals surface area contributed by atoms with E-state index in [1.807, 2.05) is 27.3 Å². The van der Waals surface area contributed by atoms with Gasteiger partial charge in [0.15, 0.2) is 0 Å². The SMILES string of the molecule is O=C(Cc1cccs1)N1C2CC1CN(c1cc(C(F)(F)F)ncn1)C2. The van der Waals surface area contributed by atoms with E-state index < -0.39 is 11.9 Å². The van der Waals surface area contributed by atoms with Crippen LogP contribution in [-0.4, -0.2) is 45.9 Å². The molecule has 2 aromatic heterocycles. The topological polar surface area (TPSA) is 49.3 Å². The largest absolute Gasteiger partial charge is 0.433 e. The van der Waals surface area contributed by atoms with Gasteiger partial charge in [0.25, 0.3) is 0 Å². The standard InChI is InChI=1S/C16H15F3N4OS/c17-16(18,19)13-6-14(21-9-20-13)22-7-10-4-11(8-22)23(10)15(24)5-12-2-1-3-25-12/h1-3,6,9-11H,4-5,7-8H2. The highest BCUT2D eigenvalue weighted by atomic mass is 32.1. The normalized spacial score (nSPS) is 22.7. The Morgan fingerprint density at radius 3 is 2.68 bits per heavy atom. The molecule has 9 heteroatoms. The highest BCUT2D eigenvalue weighted by Gasteiger charge is 2.47. The fourth-order valence-electron chi connectivity index (χ4n) is 3.53.